The maximum absolute atomic E-state index is 15.1. The fourth-order valence-corrected chi connectivity index (χ4v) is 5.54. The normalized spacial score (nSPS) is 26.4. The minimum atomic E-state index is -1.89. The summed E-state index contributed by atoms with van der Waals surface area (Å²) in [7, 11) is 0. The van der Waals surface area contributed by atoms with Crippen LogP contribution in [0.1, 0.15) is 43.7 Å². The molecule has 1 aromatic carbocycles. The minimum absolute atomic E-state index is 0.0102. The van der Waals surface area contributed by atoms with Crippen LogP contribution in [0.25, 0.3) is 16.8 Å². The first kappa shape index (κ1) is 25.7. The van der Waals surface area contributed by atoms with Crippen LogP contribution in [0.5, 0.6) is 0 Å². The third-order valence-corrected chi connectivity index (χ3v) is 8.33. The van der Waals surface area contributed by atoms with Gasteiger partial charge in [0.1, 0.15) is 11.6 Å². The second-order valence-corrected chi connectivity index (χ2v) is 10.9. The number of rotatable bonds is 5. The highest BCUT2D eigenvalue weighted by atomic mass is 19.1. The van der Waals surface area contributed by atoms with Crippen LogP contribution in [0.3, 0.4) is 0 Å². The van der Waals surface area contributed by atoms with E-state index in [2.05, 4.69) is 20.4 Å². The Hall–Kier alpha value is -3.54. The summed E-state index contributed by atoms with van der Waals surface area (Å²) >= 11 is 0. The highest BCUT2D eigenvalue weighted by Gasteiger charge is 2.43. The predicted octanol–water partition coefficient (Wildman–Crippen LogP) is 4.60. The van der Waals surface area contributed by atoms with E-state index in [1.165, 1.54) is 10.6 Å². The van der Waals surface area contributed by atoms with Crippen molar-refractivity contribution in [2.75, 3.05) is 18.5 Å². The molecule has 2 aliphatic rings. The van der Waals surface area contributed by atoms with Crippen LogP contribution >= 0.6 is 0 Å². The average molecular weight is 539 g/mol. The molecule has 4 heterocycles. The molecule has 8 nitrogen and oxygen atoms in total. The Morgan fingerprint density at radius 2 is 1.87 bits per heavy atom. The standard InChI is InChI=1S/C28H29F3N6O2/c1-15-7-16(8-24(32)27(15,2)38)19-5-6-33-12-23(19)35-26-34-11-18-3-4-22(36-37(18)26)25-20(29)9-17(10-21(25)30)28(31)13-39-14-28/h3-6,9-12,15-16,24,38H,7-8,13-14,32H2,1-2H3,(H,34,35)/t15-,16+,24+,27+/m0/s1. The molecule has 39 heavy (non-hydrogen) atoms. The molecule has 6 rings (SSSR count). The summed E-state index contributed by atoms with van der Waals surface area (Å²) in [6.07, 6.45) is 6.31. The van der Waals surface area contributed by atoms with Crippen molar-refractivity contribution in [2.45, 2.75) is 49.9 Å². The quantitative estimate of drug-likeness (QED) is 0.341. The number of nitrogens with zero attached hydrogens (tertiary/aromatic N) is 4. The molecule has 1 aliphatic carbocycles. The number of hydrogen-bond donors (Lipinski definition) is 3. The van der Waals surface area contributed by atoms with Gasteiger partial charge < -0.3 is 20.9 Å². The first-order chi connectivity index (χ1) is 18.6. The molecule has 0 spiro atoms. The minimum Gasteiger partial charge on any atom is -0.388 e. The van der Waals surface area contributed by atoms with E-state index in [1.54, 1.807) is 31.6 Å². The average Bonchev–Trinajstić information content (AvgIpc) is 3.27. The van der Waals surface area contributed by atoms with Crippen molar-refractivity contribution in [1.82, 2.24) is 19.6 Å². The van der Waals surface area contributed by atoms with Crippen molar-refractivity contribution in [3.63, 3.8) is 0 Å². The Kier molecular flexibility index (Phi) is 6.12. The predicted molar refractivity (Wildman–Crippen MR) is 139 cm³/mol. The van der Waals surface area contributed by atoms with Gasteiger partial charge in [0.25, 0.3) is 0 Å². The summed E-state index contributed by atoms with van der Waals surface area (Å²) in [6.45, 7) is 3.30. The van der Waals surface area contributed by atoms with E-state index in [-0.39, 0.29) is 47.9 Å². The van der Waals surface area contributed by atoms with Crippen molar-refractivity contribution >= 4 is 17.2 Å². The molecular weight excluding hydrogens is 509 g/mol. The topological polar surface area (TPSA) is 111 Å². The number of nitrogens with two attached hydrogens (primary N) is 1. The smallest absolute Gasteiger partial charge is 0.229 e. The van der Waals surface area contributed by atoms with Gasteiger partial charge in [-0.2, -0.15) is 9.61 Å². The van der Waals surface area contributed by atoms with Gasteiger partial charge in [-0.3, -0.25) is 4.98 Å². The highest BCUT2D eigenvalue weighted by molar-refractivity contribution is 5.66. The van der Waals surface area contributed by atoms with Crippen LogP contribution in [-0.2, 0) is 10.4 Å². The van der Waals surface area contributed by atoms with Crippen molar-refractivity contribution in [3.05, 3.63) is 71.7 Å². The number of pyridine rings is 1. The van der Waals surface area contributed by atoms with Crippen LogP contribution in [-0.4, -0.2) is 49.5 Å². The van der Waals surface area contributed by atoms with Crippen molar-refractivity contribution in [2.24, 2.45) is 11.7 Å². The number of ether oxygens (including phenoxy) is 1. The lowest BCUT2D eigenvalue weighted by atomic mass is 9.68. The third kappa shape index (κ3) is 4.34. The van der Waals surface area contributed by atoms with Crippen molar-refractivity contribution < 1.29 is 23.0 Å². The van der Waals surface area contributed by atoms with Crippen LogP contribution in [0.15, 0.2) is 48.9 Å². The number of fused-ring (bicyclic) bond motifs is 1. The van der Waals surface area contributed by atoms with E-state index < -0.39 is 22.9 Å². The molecule has 204 valence electrons. The van der Waals surface area contributed by atoms with Crippen LogP contribution in [0, 0.1) is 17.6 Å². The molecule has 0 bridgehead atoms. The summed E-state index contributed by atoms with van der Waals surface area (Å²) in [6, 6.07) is 6.66. The molecule has 1 aliphatic heterocycles. The fraction of sp³-hybridized carbons (Fsp3) is 0.393. The van der Waals surface area contributed by atoms with Gasteiger partial charge in [-0.25, -0.2) is 18.2 Å². The van der Waals surface area contributed by atoms with Crippen molar-refractivity contribution in [1.29, 1.82) is 0 Å². The van der Waals surface area contributed by atoms with Gasteiger partial charge in [-0.15, -0.1) is 0 Å². The largest absolute Gasteiger partial charge is 0.388 e. The van der Waals surface area contributed by atoms with Crippen LogP contribution in [0.2, 0.25) is 0 Å². The molecule has 11 heteroatoms. The number of anilines is 2. The monoisotopic (exact) mass is 538 g/mol. The number of halogens is 3. The van der Waals surface area contributed by atoms with Gasteiger partial charge >= 0.3 is 0 Å². The Morgan fingerprint density at radius 3 is 2.54 bits per heavy atom. The maximum Gasteiger partial charge on any atom is 0.229 e. The summed E-state index contributed by atoms with van der Waals surface area (Å²) in [5, 5.41) is 18.5. The van der Waals surface area contributed by atoms with Gasteiger partial charge in [0.2, 0.25) is 5.95 Å². The lowest BCUT2D eigenvalue weighted by Crippen LogP contribution is -2.54. The Labute approximate surface area is 223 Å². The number of imidazole rings is 1. The van der Waals surface area contributed by atoms with Gasteiger partial charge in [0, 0.05) is 12.2 Å². The van der Waals surface area contributed by atoms with Crippen molar-refractivity contribution in [3.8, 4) is 11.3 Å². The van der Waals surface area contributed by atoms with E-state index in [9.17, 15) is 9.50 Å². The van der Waals surface area contributed by atoms with Gasteiger partial charge in [-0.1, -0.05) is 6.92 Å². The highest BCUT2D eigenvalue weighted by Crippen LogP contribution is 2.43. The molecule has 1 saturated carbocycles. The van der Waals surface area contributed by atoms with E-state index >= 15 is 8.78 Å². The third-order valence-electron chi connectivity index (χ3n) is 8.33. The van der Waals surface area contributed by atoms with E-state index in [1.807, 2.05) is 13.0 Å². The molecule has 2 fully saturated rings. The van der Waals surface area contributed by atoms with Gasteiger partial charge in [0.05, 0.1) is 53.7 Å². The molecular formula is C28H29F3N6O2. The molecule has 0 unspecified atom stereocenters. The zero-order chi connectivity index (χ0) is 27.5. The molecule has 4 atom stereocenters. The van der Waals surface area contributed by atoms with E-state index in [0.717, 1.165) is 24.1 Å². The Bertz CT molecular complexity index is 1520. The summed E-state index contributed by atoms with van der Waals surface area (Å²) < 4.78 is 51.2. The van der Waals surface area contributed by atoms with E-state index in [4.69, 9.17) is 10.5 Å². The Balaban J connectivity index is 1.33. The number of hydrogen-bond acceptors (Lipinski definition) is 7. The summed E-state index contributed by atoms with van der Waals surface area (Å²) in [5.41, 5.74) is 5.34. The number of alkyl halides is 1. The molecule has 0 amide bonds. The number of aliphatic hydroxyl groups is 1. The van der Waals surface area contributed by atoms with E-state index in [0.29, 0.717) is 23.6 Å². The van der Waals surface area contributed by atoms with Crippen LogP contribution < -0.4 is 11.1 Å². The summed E-state index contributed by atoms with van der Waals surface area (Å²) in [4.78, 5) is 8.68. The maximum atomic E-state index is 15.1. The number of aromatic nitrogens is 4. The molecule has 3 aromatic heterocycles. The summed E-state index contributed by atoms with van der Waals surface area (Å²) in [5.74, 6) is -1.43. The Morgan fingerprint density at radius 1 is 1.13 bits per heavy atom. The molecule has 4 N–H and O–H groups in total. The van der Waals surface area contributed by atoms with Gasteiger partial charge in [-0.05, 0) is 73.1 Å². The zero-order valence-corrected chi connectivity index (χ0v) is 21.5. The molecule has 1 saturated heterocycles. The van der Waals surface area contributed by atoms with Crippen LogP contribution in [0.4, 0.5) is 24.8 Å². The van der Waals surface area contributed by atoms with Gasteiger partial charge in [0.15, 0.2) is 5.67 Å². The fourth-order valence-electron chi connectivity index (χ4n) is 5.54. The lowest BCUT2D eigenvalue weighted by Gasteiger charge is -2.44. The molecule has 0 radical (unpaired) electrons. The molecule has 4 aromatic rings. The number of nitrogens with one attached hydrogen (secondary N) is 1. The lowest BCUT2D eigenvalue weighted by molar-refractivity contribution is -0.135. The SMILES string of the molecule is C[C@H]1C[C@@H](c2ccncc2Nc2ncc3ccc(-c4c(F)cc(C5(F)COC5)cc4F)nn23)C[C@@H](N)[C@]1(C)O. The first-order valence-corrected chi connectivity index (χ1v) is 12.9. The first-order valence-electron chi connectivity index (χ1n) is 12.9. The second kappa shape index (κ2) is 9.29. The zero-order valence-electron chi connectivity index (χ0n) is 21.5. The second-order valence-electron chi connectivity index (χ2n) is 10.9. The number of benzene rings is 1.